The van der Waals surface area contributed by atoms with Crippen molar-refractivity contribution < 1.29 is 23.5 Å². The second kappa shape index (κ2) is 9.67. The molecule has 0 radical (unpaired) electrons. The molecule has 34 heavy (non-hydrogen) atoms. The molecule has 1 aliphatic rings. The number of aryl methyl sites for hydroxylation is 1. The maximum Gasteiger partial charge on any atom is 0.281 e. The first kappa shape index (κ1) is 23.5. The number of alkyl halides is 2. The number of carbonyl (C=O) groups excluding carboxylic acids is 1. The van der Waals surface area contributed by atoms with Crippen LogP contribution in [-0.2, 0) is 5.75 Å². The van der Waals surface area contributed by atoms with Gasteiger partial charge in [-0.3, -0.25) is 10.0 Å². The van der Waals surface area contributed by atoms with Gasteiger partial charge in [-0.1, -0.05) is 18.2 Å². The number of nitrogens with one attached hydrogen (secondary N) is 1. The van der Waals surface area contributed by atoms with Crippen LogP contribution in [0.4, 0.5) is 14.5 Å². The SMILES string of the molecule is COc1ccc([C@H]2Nc3ccccc3C(=O)N2O)cc1CSc1nc(C(F)F)cc(C)c1C#N. The first-order valence-electron chi connectivity index (χ1n) is 10.2. The Labute approximate surface area is 198 Å². The van der Waals surface area contributed by atoms with Crippen LogP contribution in [0.15, 0.2) is 53.6 Å². The molecule has 3 aromatic rings. The number of methoxy groups -OCH3 is 1. The molecule has 4 rings (SSSR count). The largest absolute Gasteiger partial charge is 0.496 e. The minimum Gasteiger partial charge on any atom is -0.496 e. The normalized spacial score (nSPS) is 15.0. The average Bonchev–Trinajstić information content (AvgIpc) is 2.84. The van der Waals surface area contributed by atoms with E-state index in [4.69, 9.17) is 4.74 Å². The van der Waals surface area contributed by atoms with Gasteiger partial charge in [0.05, 0.1) is 18.2 Å². The summed E-state index contributed by atoms with van der Waals surface area (Å²) >= 11 is 1.13. The maximum absolute atomic E-state index is 13.2. The number of anilines is 1. The van der Waals surface area contributed by atoms with Gasteiger partial charge in [0.1, 0.15) is 22.5 Å². The van der Waals surface area contributed by atoms with Gasteiger partial charge in [0, 0.05) is 17.0 Å². The van der Waals surface area contributed by atoms with E-state index in [0.29, 0.717) is 38.8 Å². The van der Waals surface area contributed by atoms with Crippen LogP contribution in [0.25, 0.3) is 0 Å². The molecule has 0 unspecified atom stereocenters. The second-order valence-corrected chi connectivity index (χ2v) is 8.52. The molecule has 0 saturated carbocycles. The molecule has 0 bridgehead atoms. The first-order valence-corrected chi connectivity index (χ1v) is 11.2. The van der Waals surface area contributed by atoms with E-state index in [1.165, 1.54) is 13.2 Å². The van der Waals surface area contributed by atoms with Gasteiger partial charge in [-0.05, 0) is 48.4 Å². The van der Waals surface area contributed by atoms with E-state index < -0.39 is 18.5 Å². The highest BCUT2D eigenvalue weighted by Gasteiger charge is 2.32. The number of halogens is 2. The smallest absolute Gasteiger partial charge is 0.281 e. The number of ether oxygens (including phenoxy) is 1. The molecule has 1 aliphatic heterocycles. The van der Waals surface area contributed by atoms with E-state index in [2.05, 4.69) is 10.3 Å². The number of benzene rings is 2. The Balaban J connectivity index is 1.65. The van der Waals surface area contributed by atoms with Crippen molar-refractivity contribution in [3.05, 3.63) is 82.0 Å². The second-order valence-electron chi connectivity index (χ2n) is 7.56. The number of carbonyl (C=O) groups is 1. The van der Waals surface area contributed by atoms with Crippen LogP contribution in [0.1, 0.15) is 50.9 Å². The fourth-order valence-corrected chi connectivity index (χ4v) is 4.76. The summed E-state index contributed by atoms with van der Waals surface area (Å²) in [5, 5.41) is 24.0. The van der Waals surface area contributed by atoms with E-state index in [-0.39, 0.29) is 22.0 Å². The summed E-state index contributed by atoms with van der Waals surface area (Å²) in [5.41, 5.74) is 2.49. The van der Waals surface area contributed by atoms with Crippen LogP contribution in [-0.4, -0.2) is 28.3 Å². The lowest BCUT2D eigenvalue weighted by atomic mass is 10.0. The number of thioether (sulfide) groups is 1. The van der Waals surface area contributed by atoms with E-state index in [1.807, 2.05) is 6.07 Å². The van der Waals surface area contributed by atoms with Gasteiger partial charge < -0.3 is 10.1 Å². The van der Waals surface area contributed by atoms with Gasteiger partial charge >= 0.3 is 0 Å². The Kier molecular flexibility index (Phi) is 6.68. The number of para-hydroxylation sites is 1. The number of hydroxylamine groups is 2. The number of hydrogen-bond acceptors (Lipinski definition) is 7. The summed E-state index contributed by atoms with van der Waals surface area (Å²) in [6, 6.07) is 15.3. The van der Waals surface area contributed by atoms with Crippen molar-refractivity contribution in [3.63, 3.8) is 0 Å². The fraction of sp³-hybridized carbons (Fsp3) is 0.208. The maximum atomic E-state index is 13.2. The molecular weight excluding hydrogens is 462 g/mol. The van der Waals surface area contributed by atoms with Gasteiger partial charge in [0.15, 0.2) is 6.17 Å². The standard InChI is InChI=1S/C24H20F2N4O3S/c1-13-9-19(21(25)26)29-23(17(13)11-27)34-12-15-10-14(7-8-20(15)33-2)22-28-18-6-4-3-5-16(18)24(31)30(22)32/h3-10,21-22,28,32H,12H2,1-2H3/t22-/m0/s1. The molecular formula is C24H20F2N4O3S. The van der Waals surface area contributed by atoms with Crippen molar-refractivity contribution in [2.75, 3.05) is 12.4 Å². The van der Waals surface area contributed by atoms with Gasteiger partial charge in [0.2, 0.25) is 0 Å². The summed E-state index contributed by atoms with van der Waals surface area (Å²) < 4.78 is 31.9. The Morgan fingerprint density at radius 1 is 1.29 bits per heavy atom. The molecule has 1 amide bonds. The van der Waals surface area contributed by atoms with Gasteiger partial charge in [-0.15, -0.1) is 11.8 Å². The Morgan fingerprint density at radius 3 is 2.76 bits per heavy atom. The molecule has 10 heteroatoms. The van der Waals surface area contributed by atoms with Crippen LogP contribution in [0.5, 0.6) is 5.75 Å². The number of fused-ring (bicyclic) bond motifs is 1. The van der Waals surface area contributed by atoms with Gasteiger partial charge in [-0.25, -0.2) is 13.8 Å². The zero-order chi connectivity index (χ0) is 24.4. The molecule has 0 fully saturated rings. The molecule has 0 aliphatic carbocycles. The Hall–Kier alpha value is -3.68. The zero-order valence-electron chi connectivity index (χ0n) is 18.3. The highest BCUT2D eigenvalue weighted by atomic mass is 32.2. The molecule has 1 atom stereocenters. The molecule has 1 aromatic heterocycles. The van der Waals surface area contributed by atoms with E-state index in [0.717, 1.165) is 11.8 Å². The summed E-state index contributed by atoms with van der Waals surface area (Å²) in [6.45, 7) is 1.59. The van der Waals surface area contributed by atoms with Crippen LogP contribution >= 0.6 is 11.8 Å². The van der Waals surface area contributed by atoms with E-state index in [9.17, 15) is 24.0 Å². The third kappa shape index (κ3) is 4.40. The minimum atomic E-state index is -2.75. The predicted molar refractivity (Wildman–Crippen MR) is 122 cm³/mol. The van der Waals surface area contributed by atoms with E-state index in [1.54, 1.807) is 49.4 Å². The van der Waals surface area contributed by atoms with Crippen LogP contribution in [0, 0.1) is 18.3 Å². The number of amides is 1. The van der Waals surface area contributed by atoms with Crippen molar-refractivity contribution in [2.45, 2.75) is 30.3 Å². The van der Waals surface area contributed by atoms with Crippen molar-refractivity contribution in [1.82, 2.24) is 10.0 Å². The predicted octanol–water partition coefficient (Wildman–Crippen LogP) is 5.46. The van der Waals surface area contributed by atoms with Crippen molar-refractivity contribution >= 4 is 23.4 Å². The number of aromatic nitrogens is 1. The summed E-state index contributed by atoms with van der Waals surface area (Å²) in [5.74, 6) is 0.254. The van der Waals surface area contributed by atoms with Gasteiger partial charge in [-0.2, -0.15) is 10.3 Å². The van der Waals surface area contributed by atoms with E-state index >= 15 is 0 Å². The zero-order valence-corrected chi connectivity index (χ0v) is 19.1. The number of nitriles is 1. The molecule has 0 spiro atoms. The number of rotatable bonds is 6. The Bertz CT molecular complexity index is 1300. The van der Waals surface area contributed by atoms with Crippen LogP contribution in [0.2, 0.25) is 0 Å². The molecule has 174 valence electrons. The molecule has 0 saturated heterocycles. The van der Waals surface area contributed by atoms with Crippen LogP contribution < -0.4 is 10.1 Å². The third-order valence-corrected chi connectivity index (χ3v) is 6.45. The lowest BCUT2D eigenvalue weighted by Crippen LogP contribution is -2.40. The highest BCUT2D eigenvalue weighted by molar-refractivity contribution is 7.98. The fourth-order valence-electron chi connectivity index (χ4n) is 3.72. The lowest BCUT2D eigenvalue weighted by molar-refractivity contribution is -0.0851. The third-order valence-electron chi connectivity index (χ3n) is 5.43. The number of nitrogens with zero attached hydrogens (tertiary/aromatic N) is 3. The minimum absolute atomic E-state index is 0.203. The van der Waals surface area contributed by atoms with Crippen molar-refractivity contribution in [1.29, 1.82) is 5.26 Å². The molecule has 2 N–H and O–H groups in total. The first-order chi connectivity index (χ1) is 16.3. The number of pyridine rings is 1. The van der Waals surface area contributed by atoms with Crippen LogP contribution in [0.3, 0.4) is 0 Å². The molecule has 2 heterocycles. The summed E-state index contributed by atoms with van der Waals surface area (Å²) in [7, 11) is 1.50. The summed E-state index contributed by atoms with van der Waals surface area (Å²) in [4.78, 5) is 16.6. The van der Waals surface area contributed by atoms with Gasteiger partial charge in [0.25, 0.3) is 12.3 Å². The quantitative estimate of drug-likeness (QED) is 0.356. The van der Waals surface area contributed by atoms with Crippen molar-refractivity contribution in [2.24, 2.45) is 0 Å². The average molecular weight is 483 g/mol. The molecule has 7 nitrogen and oxygen atoms in total. The lowest BCUT2D eigenvalue weighted by Gasteiger charge is -2.33. The monoisotopic (exact) mass is 482 g/mol. The Morgan fingerprint density at radius 2 is 2.06 bits per heavy atom. The number of hydrogen-bond donors (Lipinski definition) is 2. The molecule has 2 aromatic carbocycles. The topological polar surface area (TPSA) is 98.5 Å². The highest BCUT2D eigenvalue weighted by Crippen LogP contribution is 2.36. The summed E-state index contributed by atoms with van der Waals surface area (Å²) in [6.07, 6.45) is -3.59. The van der Waals surface area contributed by atoms with Crippen molar-refractivity contribution in [3.8, 4) is 11.8 Å².